The van der Waals surface area contributed by atoms with E-state index in [9.17, 15) is 13.9 Å². The third-order valence-corrected chi connectivity index (χ3v) is 5.87. The van der Waals surface area contributed by atoms with Gasteiger partial charge in [-0.05, 0) is 31.4 Å². The summed E-state index contributed by atoms with van der Waals surface area (Å²) in [6.07, 6.45) is -0.427. The maximum absolute atomic E-state index is 13.9. The summed E-state index contributed by atoms with van der Waals surface area (Å²) >= 11 is 0. The van der Waals surface area contributed by atoms with E-state index in [4.69, 9.17) is 9.47 Å². The van der Waals surface area contributed by atoms with Gasteiger partial charge in [0.2, 0.25) is 11.8 Å². The Morgan fingerprint density at radius 3 is 2.69 bits per heavy atom. The van der Waals surface area contributed by atoms with Crippen molar-refractivity contribution in [1.82, 2.24) is 19.5 Å². The molecule has 5 rings (SSSR count). The number of morpholine rings is 1. The number of imidazole rings is 1. The van der Waals surface area contributed by atoms with Gasteiger partial charge in [-0.2, -0.15) is 9.97 Å². The molecule has 1 aliphatic heterocycles. The number of fused-ring (bicyclic) bond motifs is 1. The number of alkyl halides is 2. The molecule has 32 heavy (non-hydrogen) atoms. The van der Waals surface area contributed by atoms with Crippen molar-refractivity contribution in [2.45, 2.75) is 44.3 Å². The minimum absolute atomic E-state index is 0.187. The molecule has 1 N–H and O–H groups in total. The van der Waals surface area contributed by atoms with E-state index in [1.54, 1.807) is 30.3 Å². The molecule has 0 bridgehead atoms. The zero-order chi connectivity index (χ0) is 22.1. The molecule has 0 spiro atoms. The highest BCUT2D eigenvalue weighted by molar-refractivity contribution is 5.78. The van der Waals surface area contributed by atoms with Gasteiger partial charge in [0.15, 0.2) is 5.82 Å². The van der Waals surface area contributed by atoms with Crippen LogP contribution in [0.5, 0.6) is 5.88 Å². The number of para-hydroxylation sites is 2. The summed E-state index contributed by atoms with van der Waals surface area (Å²) in [6.45, 7) is 2.26. The number of hydrogen-bond donors (Lipinski definition) is 1. The predicted molar refractivity (Wildman–Crippen MR) is 114 cm³/mol. The molecule has 3 aromatic rings. The van der Waals surface area contributed by atoms with Crippen molar-refractivity contribution in [3.63, 3.8) is 0 Å². The molecule has 2 unspecified atom stereocenters. The fraction of sp³-hybridized carbons (Fsp3) is 0.500. The highest BCUT2D eigenvalue weighted by Gasteiger charge is 2.26. The lowest BCUT2D eigenvalue weighted by atomic mass is 9.95. The van der Waals surface area contributed by atoms with Crippen LogP contribution >= 0.6 is 0 Å². The second kappa shape index (κ2) is 8.95. The van der Waals surface area contributed by atoms with Crippen LogP contribution in [0.15, 0.2) is 30.3 Å². The number of anilines is 1. The average Bonchev–Trinajstić information content (AvgIpc) is 3.20. The van der Waals surface area contributed by atoms with Crippen molar-refractivity contribution < 1.29 is 23.4 Å². The molecule has 0 amide bonds. The molecule has 2 aromatic heterocycles. The third kappa shape index (κ3) is 4.24. The van der Waals surface area contributed by atoms with Crippen LogP contribution in [0.3, 0.4) is 0 Å². The summed E-state index contributed by atoms with van der Waals surface area (Å²) in [5.74, 6) is 0.595. The summed E-state index contributed by atoms with van der Waals surface area (Å²) in [5, 5.41) is 10.0. The lowest BCUT2D eigenvalue weighted by molar-refractivity contribution is 0.0513. The number of aliphatic hydroxyl groups is 1. The fourth-order valence-corrected chi connectivity index (χ4v) is 4.31. The first-order chi connectivity index (χ1) is 15.6. The molecule has 2 fully saturated rings. The Bertz CT molecular complexity index is 1090. The summed E-state index contributed by atoms with van der Waals surface area (Å²) in [6, 6.07) is 8.55. The molecule has 10 heteroatoms. The molecule has 2 aliphatic rings. The van der Waals surface area contributed by atoms with Crippen LogP contribution in [0.1, 0.15) is 37.9 Å². The fourth-order valence-electron chi connectivity index (χ4n) is 4.31. The van der Waals surface area contributed by atoms with Gasteiger partial charge in [-0.25, -0.2) is 13.8 Å². The van der Waals surface area contributed by atoms with E-state index < -0.39 is 12.5 Å². The van der Waals surface area contributed by atoms with Gasteiger partial charge in [0, 0.05) is 25.6 Å². The third-order valence-electron chi connectivity index (χ3n) is 5.87. The van der Waals surface area contributed by atoms with Crippen LogP contribution in [0.4, 0.5) is 14.7 Å². The topological polar surface area (TPSA) is 85.5 Å². The van der Waals surface area contributed by atoms with Gasteiger partial charge in [0.05, 0.1) is 30.4 Å². The van der Waals surface area contributed by atoms with Crippen molar-refractivity contribution in [3.8, 4) is 11.7 Å². The van der Waals surface area contributed by atoms with Crippen molar-refractivity contribution >= 4 is 17.0 Å². The van der Waals surface area contributed by atoms with Crippen molar-refractivity contribution in [3.05, 3.63) is 36.2 Å². The minimum atomic E-state index is -2.78. The number of hydrogen-bond acceptors (Lipinski definition) is 7. The van der Waals surface area contributed by atoms with E-state index in [1.807, 2.05) is 4.90 Å². The second-order valence-electron chi connectivity index (χ2n) is 8.12. The maximum atomic E-state index is 13.9. The van der Waals surface area contributed by atoms with Gasteiger partial charge in [-0.3, -0.25) is 4.57 Å². The second-order valence-corrected chi connectivity index (χ2v) is 8.12. The van der Waals surface area contributed by atoms with Crippen LogP contribution in [0.2, 0.25) is 0 Å². The molecule has 1 aliphatic carbocycles. The van der Waals surface area contributed by atoms with Crippen molar-refractivity contribution in [2.24, 2.45) is 0 Å². The molecule has 1 saturated heterocycles. The summed E-state index contributed by atoms with van der Waals surface area (Å²) in [7, 11) is 0. The van der Waals surface area contributed by atoms with Crippen LogP contribution in [0, 0.1) is 0 Å². The van der Waals surface area contributed by atoms with E-state index in [1.165, 1.54) is 4.57 Å². The first kappa shape index (κ1) is 21.0. The average molecular weight is 445 g/mol. The Morgan fingerprint density at radius 1 is 1.09 bits per heavy atom. The Morgan fingerprint density at radius 2 is 1.91 bits per heavy atom. The lowest BCUT2D eigenvalue weighted by Gasteiger charge is -2.29. The van der Waals surface area contributed by atoms with Crippen LogP contribution in [-0.2, 0) is 4.74 Å². The SMILES string of the molecule is OC1CCCC(Oc2cc(-n3c(C(F)F)nc4ccccc43)nc(N3CCOCC3)n2)C1. The molecular weight excluding hydrogens is 420 g/mol. The summed E-state index contributed by atoms with van der Waals surface area (Å²) in [5.41, 5.74) is 1.00. The van der Waals surface area contributed by atoms with Crippen LogP contribution in [-0.4, -0.2) is 63.1 Å². The Labute approximate surface area is 183 Å². The Hall–Kier alpha value is -2.85. The van der Waals surface area contributed by atoms with E-state index in [0.717, 1.165) is 19.3 Å². The monoisotopic (exact) mass is 445 g/mol. The normalized spacial score (nSPS) is 21.9. The van der Waals surface area contributed by atoms with Crippen molar-refractivity contribution in [2.75, 3.05) is 31.2 Å². The first-order valence-corrected chi connectivity index (χ1v) is 10.9. The van der Waals surface area contributed by atoms with E-state index in [0.29, 0.717) is 55.6 Å². The number of nitrogens with zero attached hydrogens (tertiary/aromatic N) is 5. The molecule has 1 aromatic carbocycles. The molecule has 2 atom stereocenters. The van der Waals surface area contributed by atoms with Gasteiger partial charge < -0.3 is 19.5 Å². The number of rotatable bonds is 5. The minimum Gasteiger partial charge on any atom is -0.474 e. The standard InChI is InChI=1S/C22H25F2N5O3/c23-20(24)21-25-16-6-1-2-7-17(16)29(21)18-13-19(32-15-5-3-4-14(30)12-15)27-22(26-18)28-8-10-31-11-9-28/h1-2,6-7,13-15,20,30H,3-5,8-12H2. The van der Waals surface area contributed by atoms with Gasteiger partial charge in [0.1, 0.15) is 11.9 Å². The predicted octanol–water partition coefficient (Wildman–Crippen LogP) is 3.27. The summed E-state index contributed by atoms with van der Waals surface area (Å²) in [4.78, 5) is 15.3. The molecule has 0 radical (unpaired) electrons. The lowest BCUT2D eigenvalue weighted by Crippen LogP contribution is -2.37. The number of aliphatic hydroxyl groups excluding tert-OH is 1. The first-order valence-electron chi connectivity index (χ1n) is 10.9. The molecule has 3 heterocycles. The highest BCUT2D eigenvalue weighted by atomic mass is 19.3. The zero-order valence-corrected chi connectivity index (χ0v) is 17.5. The van der Waals surface area contributed by atoms with Gasteiger partial charge in [-0.1, -0.05) is 12.1 Å². The molecule has 1 saturated carbocycles. The van der Waals surface area contributed by atoms with Crippen LogP contribution in [0.25, 0.3) is 16.9 Å². The molecule has 8 nitrogen and oxygen atoms in total. The smallest absolute Gasteiger partial charge is 0.296 e. The number of aromatic nitrogens is 4. The van der Waals surface area contributed by atoms with E-state index in [-0.39, 0.29) is 17.7 Å². The van der Waals surface area contributed by atoms with Crippen LogP contribution < -0.4 is 9.64 Å². The Kier molecular flexibility index (Phi) is 5.88. The van der Waals surface area contributed by atoms with E-state index >= 15 is 0 Å². The van der Waals surface area contributed by atoms with Gasteiger partial charge in [-0.15, -0.1) is 0 Å². The largest absolute Gasteiger partial charge is 0.474 e. The number of benzene rings is 1. The highest BCUT2D eigenvalue weighted by Crippen LogP contribution is 2.30. The summed E-state index contributed by atoms with van der Waals surface area (Å²) < 4.78 is 40.7. The quantitative estimate of drug-likeness (QED) is 0.645. The molecule has 170 valence electrons. The zero-order valence-electron chi connectivity index (χ0n) is 17.5. The molecular formula is C22H25F2N5O3. The van der Waals surface area contributed by atoms with E-state index in [2.05, 4.69) is 15.0 Å². The van der Waals surface area contributed by atoms with Crippen molar-refractivity contribution in [1.29, 1.82) is 0 Å². The maximum Gasteiger partial charge on any atom is 0.296 e. The number of halogens is 2. The number of ether oxygens (including phenoxy) is 2. The van der Waals surface area contributed by atoms with Gasteiger partial charge in [0.25, 0.3) is 6.43 Å². The van der Waals surface area contributed by atoms with Gasteiger partial charge >= 0.3 is 0 Å². The Balaban J connectivity index is 1.60.